The van der Waals surface area contributed by atoms with E-state index in [1.165, 1.54) is 23.1 Å². The van der Waals surface area contributed by atoms with E-state index in [0.29, 0.717) is 16.6 Å². The Hall–Kier alpha value is -2.32. The fourth-order valence-electron chi connectivity index (χ4n) is 3.62. The largest absolute Gasteiger partial charge is 0.497 e. The number of hydrogen-bond acceptors (Lipinski definition) is 6. The van der Waals surface area contributed by atoms with Gasteiger partial charge in [0, 0.05) is 4.88 Å². The molecule has 0 saturated heterocycles. The molecule has 1 atom stereocenters. The molecule has 1 aliphatic carbocycles. The predicted octanol–water partition coefficient (Wildman–Crippen LogP) is 3.69. The van der Waals surface area contributed by atoms with E-state index in [1.807, 2.05) is 24.3 Å². The van der Waals surface area contributed by atoms with Crippen LogP contribution in [0.25, 0.3) is 15.9 Å². The molecule has 1 aromatic carbocycles. The number of primary amides is 1. The van der Waals surface area contributed by atoms with Gasteiger partial charge in [0.15, 0.2) is 5.16 Å². The number of aromatic nitrogens is 2. The molecule has 1 amide bonds. The summed E-state index contributed by atoms with van der Waals surface area (Å²) in [5, 5.41) is 0.704. The van der Waals surface area contributed by atoms with Crippen molar-refractivity contribution in [1.29, 1.82) is 0 Å². The van der Waals surface area contributed by atoms with E-state index in [1.54, 1.807) is 29.9 Å². The summed E-state index contributed by atoms with van der Waals surface area (Å²) in [4.78, 5) is 32.2. The van der Waals surface area contributed by atoms with Crippen LogP contribution in [0, 0.1) is 0 Å². The number of ether oxygens (including phenoxy) is 1. The number of amides is 1. The molecule has 3 aromatic rings. The third-order valence-corrected chi connectivity index (χ3v) is 7.48. The zero-order valence-corrected chi connectivity index (χ0v) is 18.1. The number of thioether (sulfide) groups is 1. The molecule has 152 valence electrons. The molecule has 8 heteroatoms. The number of methoxy groups -OCH3 is 1. The van der Waals surface area contributed by atoms with Crippen LogP contribution in [0.4, 0.5) is 0 Å². The molecule has 0 bridgehead atoms. The Morgan fingerprint density at radius 2 is 1.97 bits per heavy atom. The summed E-state index contributed by atoms with van der Waals surface area (Å²) in [7, 11) is 1.60. The summed E-state index contributed by atoms with van der Waals surface area (Å²) >= 11 is 2.83. The van der Waals surface area contributed by atoms with Gasteiger partial charge in [0.25, 0.3) is 5.56 Å². The van der Waals surface area contributed by atoms with Gasteiger partial charge in [0.2, 0.25) is 5.91 Å². The van der Waals surface area contributed by atoms with E-state index in [-0.39, 0.29) is 5.56 Å². The Balaban J connectivity index is 1.95. The number of nitrogens with zero attached hydrogens (tertiary/aromatic N) is 2. The molecular formula is C21H23N3O3S2. The molecule has 2 aromatic heterocycles. The van der Waals surface area contributed by atoms with Crippen LogP contribution in [-0.2, 0) is 17.6 Å². The van der Waals surface area contributed by atoms with Crippen molar-refractivity contribution in [2.24, 2.45) is 5.73 Å². The molecule has 2 heterocycles. The number of aryl methyl sites for hydroxylation is 2. The molecule has 6 nitrogen and oxygen atoms in total. The summed E-state index contributed by atoms with van der Waals surface area (Å²) < 4.78 is 6.84. The van der Waals surface area contributed by atoms with Crippen molar-refractivity contribution in [3.05, 3.63) is 45.1 Å². The second-order valence-corrected chi connectivity index (χ2v) is 9.53. The third kappa shape index (κ3) is 3.79. The number of thiophene rings is 1. The van der Waals surface area contributed by atoms with Gasteiger partial charge >= 0.3 is 0 Å². The normalized spacial score (nSPS) is 15.0. The Kier molecular flexibility index (Phi) is 5.65. The average molecular weight is 430 g/mol. The smallest absolute Gasteiger partial charge is 0.267 e. The topological polar surface area (TPSA) is 87.2 Å². The summed E-state index contributed by atoms with van der Waals surface area (Å²) in [5.41, 5.74) is 7.23. The quantitative estimate of drug-likeness (QED) is 0.380. The molecular weight excluding hydrogens is 406 g/mol. The SMILES string of the molecule is COc1ccc(-n2c(SC(C)C(N)=O)nc3sc4c(c3c2=O)CCCCC4)cc1. The minimum atomic E-state index is -0.498. The van der Waals surface area contributed by atoms with Crippen molar-refractivity contribution in [3.63, 3.8) is 0 Å². The maximum Gasteiger partial charge on any atom is 0.267 e. The van der Waals surface area contributed by atoms with Gasteiger partial charge in [0.05, 0.1) is 23.4 Å². The lowest BCUT2D eigenvalue weighted by Crippen LogP contribution is -2.26. The Morgan fingerprint density at radius 3 is 2.66 bits per heavy atom. The molecule has 1 unspecified atom stereocenters. The van der Waals surface area contributed by atoms with Crippen LogP contribution in [-0.4, -0.2) is 27.8 Å². The van der Waals surface area contributed by atoms with Gasteiger partial charge < -0.3 is 10.5 Å². The molecule has 4 rings (SSSR count). The van der Waals surface area contributed by atoms with Crippen molar-refractivity contribution < 1.29 is 9.53 Å². The van der Waals surface area contributed by atoms with Crippen LogP contribution in [0.15, 0.2) is 34.2 Å². The zero-order chi connectivity index (χ0) is 20.5. The molecule has 2 N–H and O–H groups in total. The summed E-state index contributed by atoms with van der Waals surface area (Å²) in [5.74, 6) is 0.271. The number of nitrogens with two attached hydrogens (primary N) is 1. The van der Waals surface area contributed by atoms with Gasteiger partial charge in [-0.1, -0.05) is 18.2 Å². The van der Waals surface area contributed by atoms with Gasteiger partial charge in [-0.3, -0.25) is 14.2 Å². The van der Waals surface area contributed by atoms with E-state index >= 15 is 0 Å². The van der Waals surface area contributed by atoms with E-state index < -0.39 is 11.2 Å². The van der Waals surface area contributed by atoms with Crippen LogP contribution in [0.2, 0.25) is 0 Å². The average Bonchev–Trinajstić information content (AvgIpc) is 2.89. The fourth-order valence-corrected chi connectivity index (χ4v) is 5.80. The monoisotopic (exact) mass is 429 g/mol. The van der Waals surface area contributed by atoms with E-state index in [0.717, 1.165) is 41.5 Å². The van der Waals surface area contributed by atoms with Gasteiger partial charge in [-0.25, -0.2) is 4.98 Å². The first-order chi connectivity index (χ1) is 14.0. The molecule has 0 saturated carbocycles. The van der Waals surface area contributed by atoms with Crippen LogP contribution < -0.4 is 16.0 Å². The Morgan fingerprint density at radius 1 is 1.24 bits per heavy atom. The van der Waals surface area contributed by atoms with E-state index in [4.69, 9.17) is 15.5 Å². The summed E-state index contributed by atoms with van der Waals surface area (Å²) in [6.07, 6.45) is 5.34. The van der Waals surface area contributed by atoms with Gasteiger partial charge in [-0.15, -0.1) is 11.3 Å². The van der Waals surface area contributed by atoms with E-state index in [9.17, 15) is 9.59 Å². The third-order valence-electron chi connectivity index (χ3n) is 5.22. The minimum absolute atomic E-state index is 0.0845. The van der Waals surface area contributed by atoms with Crippen LogP contribution in [0.1, 0.15) is 36.6 Å². The highest BCUT2D eigenvalue weighted by Gasteiger charge is 2.24. The summed E-state index contributed by atoms with van der Waals surface area (Å²) in [6.45, 7) is 1.73. The van der Waals surface area contributed by atoms with Gasteiger partial charge in [-0.05, 0) is 62.4 Å². The number of fused-ring (bicyclic) bond motifs is 3. The number of rotatable bonds is 5. The predicted molar refractivity (Wildman–Crippen MR) is 118 cm³/mol. The molecule has 0 aliphatic heterocycles. The maximum atomic E-state index is 13.7. The number of benzene rings is 1. The Labute approximate surface area is 177 Å². The number of carbonyl (C=O) groups is 1. The minimum Gasteiger partial charge on any atom is -0.497 e. The lowest BCUT2D eigenvalue weighted by Gasteiger charge is -2.15. The fraction of sp³-hybridized carbons (Fsp3) is 0.381. The molecule has 0 fully saturated rings. The number of hydrogen-bond donors (Lipinski definition) is 1. The lowest BCUT2D eigenvalue weighted by molar-refractivity contribution is -0.117. The molecule has 1 aliphatic rings. The molecule has 0 radical (unpaired) electrons. The van der Waals surface area contributed by atoms with Crippen molar-refractivity contribution >= 4 is 39.2 Å². The van der Waals surface area contributed by atoms with Gasteiger partial charge in [-0.2, -0.15) is 0 Å². The van der Waals surface area contributed by atoms with Crippen LogP contribution >= 0.6 is 23.1 Å². The summed E-state index contributed by atoms with van der Waals surface area (Å²) in [6, 6.07) is 7.29. The van der Waals surface area contributed by atoms with Crippen molar-refractivity contribution in [3.8, 4) is 11.4 Å². The van der Waals surface area contributed by atoms with Crippen molar-refractivity contribution in [1.82, 2.24) is 9.55 Å². The van der Waals surface area contributed by atoms with Crippen molar-refractivity contribution in [2.45, 2.75) is 49.4 Å². The first-order valence-electron chi connectivity index (χ1n) is 9.67. The van der Waals surface area contributed by atoms with E-state index in [2.05, 4.69) is 0 Å². The standard InChI is InChI=1S/C21H23N3O3S2/c1-12(18(22)25)28-21-23-19-17(15-6-4-3-5-7-16(15)29-19)20(26)24(21)13-8-10-14(27-2)11-9-13/h8-12H,3-7H2,1-2H3,(H2,22,25). The molecule has 29 heavy (non-hydrogen) atoms. The zero-order valence-electron chi connectivity index (χ0n) is 16.4. The molecule has 0 spiro atoms. The number of carbonyl (C=O) groups excluding carboxylic acids is 1. The maximum absolute atomic E-state index is 13.7. The van der Waals surface area contributed by atoms with Crippen LogP contribution in [0.5, 0.6) is 5.75 Å². The second-order valence-electron chi connectivity index (χ2n) is 7.14. The Bertz CT molecular complexity index is 1120. The first-order valence-corrected chi connectivity index (χ1v) is 11.4. The second kappa shape index (κ2) is 8.20. The highest BCUT2D eigenvalue weighted by molar-refractivity contribution is 8.00. The lowest BCUT2D eigenvalue weighted by atomic mass is 10.1. The van der Waals surface area contributed by atoms with Crippen LogP contribution in [0.3, 0.4) is 0 Å². The van der Waals surface area contributed by atoms with Crippen molar-refractivity contribution in [2.75, 3.05) is 7.11 Å². The first kappa shape index (κ1) is 20.0. The highest BCUT2D eigenvalue weighted by atomic mass is 32.2. The highest BCUT2D eigenvalue weighted by Crippen LogP contribution is 2.35. The van der Waals surface area contributed by atoms with Gasteiger partial charge in [0.1, 0.15) is 10.6 Å².